The van der Waals surface area contributed by atoms with Gasteiger partial charge in [-0.1, -0.05) is 30.3 Å². The highest BCUT2D eigenvalue weighted by Gasteiger charge is 2.19. The second-order valence-corrected chi connectivity index (χ2v) is 7.04. The number of non-ortho nitro benzene ring substituents is 1. The number of nitrogens with one attached hydrogen (secondary N) is 1. The Kier molecular flexibility index (Phi) is 5.67. The van der Waals surface area contributed by atoms with Crippen molar-refractivity contribution < 1.29 is 9.66 Å². The van der Waals surface area contributed by atoms with Crippen LogP contribution in [-0.4, -0.2) is 27.5 Å². The summed E-state index contributed by atoms with van der Waals surface area (Å²) in [6.45, 7) is 1.78. The van der Waals surface area contributed by atoms with Gasteiger partial charge >= 0.3 is 0 Å². The molecule has 8 nitrogen and oxygen atoms in total. The lowest BCUT2D eigenvalue weighted by atomic mass is 10.1. The molecule has 1 N–H and O–H groups in total. The van der Waals surface area contributed by atoms with Crippen molar-refractivity contribution in [2.75, 3.05) is 7.11 Å². The number of hydrogen-bond donors (Lipinski definition) is 1. The molecule has 1 aromatic heterocycles. The van der Waals surface area contributed by atoms with Crippen LogP contribution in [0.2, 0.25) is 0 Å². The van der Waals surface area contributed by atoms with Crippen LogP contribution in [0.3, 0.4) is 0 Å². The van der Waals surface area contributed by atoms with Crippen molar-refractivity contribution in [2.24, 2.45) is 4.99 Å². The molecule has 1 heterocycles. The lowest BCUT2D eigenvalue weighted by Gasteiger charge is -2.04. The van der Waals surface area contributed by atoms with E-state index in [1.54, 1.807) is 26.2 Å². The van der Waals surface area contributed by atoms with E-state index in [0.717, 1.165) is 5.56 Å². The second-order valence-electron chi connectivity index (χ2n) is 7.04. The number of nitrogens with zero attached hydrogens (tertiary/aromatic N) is 3. The van der Waals surface area contributed by atoms with E-state index in [1.807, 2.05) is 42.5 Å². The van der Waals surface area contributed by atoms with Gasteiger partial charge < -0.3 is 4.74 Å². The Morgan fingerprint density at radius 1 is 1.00 bits per heavy atom. The number of nitro benzene ring substituents is 1. The van der Waals surface area contributed by atoms with E-state index in [1.165, 1.54) is 28.9 Å². The van der Waals surface area contributed by atoms with Crippen LogP contribution in [0, 0.1) is 10.1 Å². The number of hydrogen-bond acceptors (Lipinski definition) is 5. The predicted molar refractivity (Wildman–Crippen MR) is 123 cm³/mol. The summed E-state index contributed by atoms with van der Waals surface area (Å²) in [7, 11) is 1.59. The van der Waals surface area contributed by atoms with Crippen LogP contribution in [0.4, 0.5) is 11.4 Å². The summed E-state index contributed by atoms with van der Waals surface area (Å²) in [5.74, 6) is 0.716. The zero-order valence-electron chi connectivity index (χ0n) is 17.5. The minimum atomic E-state index is -0.478. The van der Waals surface area contributed by atoms with Gasteiger partial charge in [-0.3, -0.25) is 25.0 Å². The van der Waals surface area contributed by atoms with Gasteiger partial charge in [0.25, 0.3) is 11.2 Å². The normalized spacial score (nSPS) is 11.4. The molecular formula is C24H20N4O4. The largest absolute Gasteiger partial charge is 0.497 e. The van der Waals surface area contributed by atoms with Gasteiger partial charge in [-0.05, 0) is 43.3 Å². The Bertz CT molecular complexity index is 1340. The van der Waals surface area contributed by atoms with E-state index in [-0.39, 0.29) is 11.2 Å². The van der Waals surface area contributed by atoms with Crippen molar-refractivity contribution >= 4 is 17.1 Å². The molecular weight excluding hydrogens is 408 g/mol. The molecule has 160 valence electrons. The third-order valence-electron chi connectivity index (χ3n) is 5.00. The average Bonchev–Trinajstić information content (AvgIpc) is 3.17. The molecule has 0 unspecified atom stereocenters. The predicted octanol–water partition coefficient (Wildman–Crippen LogP) is 4.89. The fraction of sp³-hybridized carbons (Fsp3) is 0.0833. The molecule has 4 rings (SSSR count). The number of nitro groups is 1. The number of aromatic nitrogens is 2. The molecule has 3 aromatic carbocycles. The maximum atomic E-state index is 13.4. The summed E-state index contributed by atoms with van der Waals surface area (Å²) in [5, 5.41) is 14.1. The second kappa shape index (κ2) is 8.73. The summed E-state index contributed by atoms with van der Waals surface area (Å²) in [6, 6.07) is 22.5. The van der Waals surface area contributed by atoms with Crippen LogP contribution in [-0.2, 0) is 0 Å². The Morgan fingerprint density at radius 2 is 1.66 bits per heavy atom. The highest BCUT2D eigenvalue weighted by molar-refractivity contribution is 6.04. The average molecular weight is 428 g/mol. The third kappa shape index (κ3) is 4.06. The summed E-state index contributed by atoms with van der Waals surface area (Å²) < 4.78 is 6.55. The molecule has 0 saturated carbocycles. The van der Waals surface area contributed by atoms with Gasteiger partial charge in [0, 0.05) is 17.7 Å². The first kappa shape index (κ1) is 20.8. The first-order valence-corrected chi connectivity index (χ1v) is 9.83. The molecule has 0 radical (unpaired) electrons. The summed E-state index contributed by atoms with van der Waals surface area (Å²) in [5.41, 5.74) is 3.22. The van der Waals surface area contributed by atoms with Crippen LogP contribution in [0.5, 0.6) is 5.75 Å². The monoisotopic (exact) mass is 428 g/mol. The van der Waals surface area contributed by atoms with E-state index in [9.17, 15) is 14.9 Å². The Balaban J connectivity index is 1.85. The van der Waals surface area contributed by atoms with Crippen molar-refractivity contribution in [2.45, 2.75) is 6.92 Å². The molecule has 32 heavy (non-hydrogen) atoms. The molecule has 4 aromatic rings. The van der Waals surface area contributed by atoms with Gasteiger partial charge in [0.05, 0.1) is 40.4 Å². The van der Waals surface area contributed by atoms with Gasteiger partial charge in [-0.25, -0.2) is 4.68 Å². The lowest BCUT2D eigenvalue weighted by Crippen LogP contribution is -2.19. The first-order chi connectivity index (χ1) is 15.5. The molecule has 0 fully saturated rings. The van der Waals surface area contributed by atoms with Gasteiger partial charge in [0.1, 0.15) is 5.75 Å². The zero-order valence-corrected chi connectivity index (χ0v) is 17.5. The Labute approximate surface area is 183 Å². The molecule has 0 aliphatic rings. The maximum Gasteiger partial charge on any atom is 0.280 e. The van der Waals surface area contributed by atoms with Crippen molar-refractivity contribution in [1.29, 1.82) is 0 Å². The van der Waals surface area contributed by atoms with Crippen molar-refractivity contribution in [3.05, 3.63) is 105 Å². The molecule has 0 bridgehead atoms. The topological polar surface area (TPSA) is 103 Å². The van der Waals surface area contributed by atoms with E-state index in [4.69, 9.17) is 4.74 Å². The minimum Gasteiger partial charge on any atom is -0.497 e. The third-order valence-corrected chi connectivity index (χ3v) is 5.00. The number of ether oxygens (including phenoxy) is 1. The molecule has 0 amide bonds. The number of benzene rings is 3. The number of H-pyrrole nitrogens is 1. The fourth-order valence-electron chi connectivity index (χ4n) is 3.40. The van der Waals surface area contributed by atoms with Crippen molar-refractivity contribution in [1.82, 2.24) is 9.78 Å². The number of methoxy groups -OCH3 is 1. The smallest absolute Gasteiger partial charge is 0.280 e. The quantitative estimate of drug-likeness (QED) is 0.268. The summed E-state index contributed by atoms with van der Waals surface area (Å²) in [4.78, 5) is 28.5. The summed E-state index contributed by atoms with van der Waals surface area (Å²) >= 11 is 0. The standard InChI is InChI=1S/C24H20N4O4/c1-16(25-18-8-14-21(32-2)15-9-18)22-23(17-6-4-3-5-7-17)26-27(24(22)29)19-10-12-20(13-11-19)28(30)31/h3-15,26H,1-2H3. The van der Waals surface area contributed by atoms with E-state index in [2.05, 4.69) is 10.1 Å². The first-order valence-electron chi connectivity index (χ1n) is 9.83. The van der Waals surface area contributed by atoms with Crippen molar-refractivity contribution in [3.8, 4) is 22.7 Å². The van der Waals surface area contributed by atoms with E-state index >= 15 is 0 Å². The number of aromatic amines is 1. The molecule has 0 atom stereocenters. The summed E-state index contributed by atoms with van der Waals surface area (Å²) in [6.07, 6.45) is 0. The van der Waals surface area contributed by atoms with Crippen LogP contribution in [0.25, 0.3) is 16.9 Å². The molecule has 0 saturated heterocycles. The lowest BCUT2D eigenvalue weighted by molar-refractivity contribution is -0.384. The van der Waals surface area contributed by atoms with Crippen LogP contribution in [0.1, 0.15) is 12.5 Å². The number of aliphatic imine (C=N–C) groups is 1. The van der Waals surface area contributed by atoms with Gasteiger partial charge in [-0.2, -0.15) is 0 Å². The van der Waals surface area contributed by atoms with Gasteiger partial charge in [-0.15, -0.1) is 0 Å². The molecule has 0 spiro atoms. The SMILES string of the molecule is COc1ccc(N=C(C)c2c(-c3ccccc3)[nH]n(-c3ccc([N+](=O)[O-])cc3)c2=O)cc1. The van der Waals surface area contributed by atoms with Crippen molar-refractivity contribution in [3.63, 3.8) is 0 Å². The van der Waals surface area contributed by atoms with Crippen LogP contribution < -0.4 is 10.3 Å². The highest BCUT2D eigenvalue weighted by atomic mass is 16.6. The minimum absolute atomic E-state index is 0.0471. The van der Waals surface area contributed by atoms with Crippen LogP contribution >= 0.6 is 0 Å². The molecule has 0 aliphatic carbocycles. The van der Waals surface area contributed by atoms with E-state index < -0.39 is 4.92 Å². The maximum absolute atomic E-state index is 13.4. The zero-order chi connectivity index (χ0) is 22.7. The molecule has 0 aliphatic heterocycles. The molecule has 8 heteroatoms. The van der Waals surface area contributed by atoms with Gasteiger partial charge in [0.15, 0.2) is 0 Å². The van der Waals surface area contributed by atoms with E-state index in [0.29, 0.717) is 34.1 Å². The highest BCUT2D eigenvalue weighted by Crippen LogP contribution is 2.24. The number of rotatable bonds is 6. The van der Waals surface area contributed by atoms with Crippen LogP contribution in [0.15, 0.2) is 88.6 Å². The Morgan fingerprint density at radius 3 is 2.25 bits per heavy atom. The fourth-order valence-corrected chi connectivity index (χ4v) is 3.40. The Hall–Kier alpha value is -4.46. The van der Waals surface area contributed by atoms with Gasteiger partial charge in [0.2, 0.25) is 0 Å².